The van der Waals surface area contributed by atoms with Crippen molar-refractivity contribution in [2.45, 2.75) is 38.5 Å². The van der Waals surface area contributed by atoms with Crippen molar-refractivity contribution >= 4 is 0 Å². The highest BCUT2D eigenvalue weighted by atomic mass is 14.3. The molecular formula is C16H21N. The van der Waals surface area contributed by atoms with Gasteiger partial charge in [0.15, 0.2) is 0 Å². The maximum Gasteiger partial charge on any atom is 0.0991 e. The van der Waals surface area contributed by atoms with E-state index < -0.39 is 0 Å². The van der Waals surface area contributed by atoms with Crippen LogP contribution in [0.2, 0.25) is 0 Å². The molecule has 1 fully saturated rings. The van der Waals surface area contributed by atoms with E-state index in [1.807, 2.05) is 12.1 Å². The molecule has 0 saturated heterocycles. The van der Waals surface area contributed by atoms with Crippen molar-refractivity contribution in [2.24, 2.45) is 5.92 Å². The lowest BCUT2D eigenvalue weighted by Crippen LogP contribution is -2.11. The summed E-state index contributed by atoms with van der Waals surface area (Å²) in [6, 6.07) is 10.3. The fourth-order valence-electron chi connectivity index (χ4n) is 2.75. The van der Waals surface area contributed by atoms with Crippen molar-refractivity contribution in [3.63, 3.8) is 0 Å². The predicted octanol–water partition coefficient (Wildman–Crippen LogP) is 4.65. The Balaban J connectivity index is 0.00000162. The summed E-state index contributed by atoms with van der Waals surface area (Å²) < 4.78 is 0. The predicted molar refractivity (Wildman–Crippen MR) is 72.8 cm³/mol. The van der Waals surface area contributed by atoms with Crippen molar-refractivity contribution < 1.29 is 1.43 Å². The third-order valence-corrected chi connectivity index (χ3v) is 3.75. The van der Waals surface area contributed by atoms with Crippen molar-refractivity contribution in [3.05, 3.63) is 47.5 Å². The molecule has 1 nitrogen and oxygen atoms in total. The van der Waals surface area contributed by atoms with E-state index in [0.29, 0.717) is 5.92 Å². The van der Waals surface area contributed by atoms with Gasteiger partial charge in [0.25, 0.3) is 0 Å². The third-order valence-electron chi connectivity index (χ3n) is 3.75. The molecule has 1 aromatic rings. The first-order chi connectivity index (χ1) is 8.33. The van der Waals surface area contributed by atoms with Crippen molar-refractivity contribution in [3.8, 4) is 6.07 Å². The van der Waals surface area contributed by atoms with Gasteiger partial charge in [-0.3, -0.25) is 0 Å². The molecule has 0 bridgehead atoms. The number of rotatable bonds is 2. The zero-order chi connectivity index (χ0) is 12.1. The quantitative estimate of drug-likeness (QED) is 0.674. The van der Waals surface area contributed by atoms with Gasteiger partial charge in [0, 0.05) is 1.43 Å². The van der Waals surface area contributed by atoms with Crippen LogP contribution in [0.1, 0.15) is 51.1 Å². The Hall–Kier alpha value is -1.55. The van der Waals surface area contributed by atoms with E-state index in [1.165, 1.54) is 31.2 Å². The van der Waals surface area contributed by atoms with E-state index in [9.17, 15) is 0 Å². The van der Waals surface area contributed by atoms with Crippen LogP contribution in [0, 0.1) is 17.2 Å². The van der Waals surface area contributed by atoms with E-state index >= 15 is 0 Å². The molecule has 1 heteroatoms. The maximum absolute atomic E-state index is 8.77. The van der Waals surface area contributed by atoms with Crippen LogP contribution in [-0.2, 0) is 0 Å². The molecule has 90 valence electrons. The van der Waals surface area contributed by atoms with Crippen molar-refractivity contribution in [2.75, 3.05) is 0 Å². The highest BCUT2D eigenvalue weighted by molar-refractivity contribution is 5.33. The summed E-state index contributed by atoms with van der Waals surface area (Å²) in [5.74, 6) is 1.49. The number of hydrogen-bond acceptors (Lipinski definition) is 1. The van der Waals surface area contributed by atoms with E-state index in [0.717, 1.165) is 11.5 Å². The molecule has 0 aromatic heterocycles. The SMILES string of the molecule is C/C=C/C1CCC(c2ccc(C#N)cc2)CC1.[HH]. The molecule has 1 aromatic carbocycles. The van der Waals surface area contributed by atoms with Crippen LogP contribution in [0.4, 0.5) is 0 Å². The normalized spacial score (nSPS) is 24.7. The average Bonchev–Trinajstić information content (AvgIpc) is 2.40. The van der Waals surface area contributed by atoms with Gasteiger partial charge in [-0.05, 0) is 62.1 Å². The number of allylic oxidation sites excluding steroid dienone is 2. The minimum Gasteiger partial charge on any atom is -0.192 e. The van der Waals surface area contributed by atoms with Gasteiger partial charge in [0.05, 0.1) is 11.6 Å². The minimum absolute atomic E-state index is 0. The van der Waals surface area contributed by atoms with Crippen LogP contribution in [0.5, 0.6) is 0 Å². The Labute approximate surface area is 105 Å². The van der Waals surface area contributed by atoms with Gasteiger partial charge in [0.1, 0.15) is 0 Å². The second kappa shape index (κ2) is 5.68. The molecule has 0 radical (unpaired) electrons. The molecular weight excluding hydrogens is 206 g/mol. The number of nitriles is 1. The first-order valence-corrected chi connectivity index (χ1v) is 6.46. The smallest absolute Gasteiger partial charge is 0.0991 e. The maximum atomic E-state index is 8.77. The van der Waals surface area contributed by atoms with Crippen molar-refractivity contribution in [1.82, 2.24) is 0 Å². The summed E-state index contributed by atoms with van der Waals surface area (Å²) in [5, 5.41) is 8.77. The fourth-order valence-corrected chi connectivity index (χ4v) is 2.75. The zero-order valence-electron chi connectivity index (χ0n) is 10.4. The van der Waals surface area contributed by atoms with E-state index in [4.69, 9.17) is 5.26 Å². The van der Waals surface area contributed by atoms with Gasteiger partial charge in [-0.2, -0.15) is 5.26 Å². The molecule has 1 aliphatic rings. The summed E-state index contributed by atoms with van der Waals surface area (Å²) in [7, 11) is 0. The molecule has 2 rings (SSSR count). The number of nitrogens with zero attached hydrogens (tertiary/aromatic N) is 1. The van der Waals surface area contributed by atoms with Gasteiger partial charge in [-0.25, -0.2) is 0 Å². The molecule has 0 spiro atoms. The largest absolute Gasteiger partial charge is 0.192 e. The van der Waals surface area contributed by atoms with Crippen LogP contribution in [0.3, 0.4) is 0 Å². The number of benzene rings is 1. The molecule has 0 heterocycles. The van der Waals surface area contributed by atoms with Gasteiger partial charge in [0.2, 0.25) is 0 Å². The van der Waals surface area contributed by atoms with Crippen LogP contribution >= 0.6 is 0 Å². The Morgan fingerprint density at radius 1 is 1.18 bits per heavy atom. The standard InChI is InChI=1S/C16H19N.H2/c1-2-3-13-4-8-15(9-5-13)16-10-6-14(12-17)7-11-16;/h2-3,6-7,10-11,13,15H,4-5,8-9H2,1H3;1H/b3-2+;. The molecule has 17 heavy (non-hydrogen) atoms. The minimum atomic E-state index is 0. The molecule has 0 unspecified atom stereocenters. The van der Waals surface area contributed by atoms with Crippen LogP contribution in [0.25, 0.3) is 0 Å². The first-order valence-electron chi connectivity index (χ1n) is 6.46. The highest BCUT2D eigenvalue weighted by Gasteiger charge is 2.20. The summed E-state index contributed by atoms with van der Waals surface area (Å²) in [4.78, 5) is 0. The monoisotopic (exact) mass is 227 g/mol. The summed E-state index contributed by atoms with van der Waals surface area (Å²) in [6.07, 6.45) is 9.67. The van der Waals surface area contributed by atoms with Gasteiger partial charge in [-0.1, -0.05) is 24.3 Å². The van der Waals surface area contributed by atoms with Crippen LogP contribution in [0.15, 0.2) is 36.4 Å². The van der Waals surface area contributed by atoms with Crippen LogP contribution < -0.4 is 0 Å². The molecule has 0 atom stereocenters. The van der Waals surface area contributed by atoms with Gasteiger partial charge >= 0.3 is 0 Å². The second-order valence-corrected chi connectivity index (χ2v) is 4.87. The molecule has 0 amide bonds. The molecule has 1 saturated carbocycles. The highest BCUT2D eigenvalue weighted by Crippen LogP contribution is 2.36. The fraction of sp³-hybridized carbons (Fsp3) is 0.438. The summed E-state index contributed by atoms with van der Waals surface area (Å²) in [6.45, 7) is 2.10. The van der Waals surface area contributed by atoms with E-state index in [2.05, 4.69) is 37.3 Å². The van der Waals surface area contributed by atoms with Crippen molar-refractivity contribution in [1.29, 1.82) is 5.26 Å². The van der Waals surface area contributed by atoms with Crippen LogP contribution in [-0.4, -0.2) is 0 Å². The van der Waals surface area contributed by atoms with E-state index in [1.54, 1.807) is 0 Å². The topological polar surface area (TPSA) is 23.8 Å². The molecule has 0 N–H and O–H groups in total. The Bertz CT molecular complexity index is 419. The lowest BCUT2D eigenvalue weighted by Gasteiger charge is -2.27. The second-order valence-electron chi connectivity index (χ2n) is 4.87. The Kier molecular flexibility index (Phi) is 3.98. The summed E-state index contributed by atoms with van der Waals surface area (Å²) in [5.41, 5.74) is 2.17. The first kappa shape index (κ1) is 11.9. The Morgan fingerprint density at radius 2 is 1.82 bits per heavy atom. The van der Waals surface area contributed by atoms with Gasteiger partial charge in [-0.15, -0.1) is 0 Å². The molecule has 1 aliphatic carbocycles. The lowest BCUT2D eigenvalue weighted by atomic mass is 9.78. The third kappa shape index (κ3) is 2.97. The Morgan fingerprint density at radius 3 is 2.35 bits per heavy atom. The average molecular weight is 227 g/mol. The zero-order valence-corrected chi connectivity index (χ0v) is 10.4. The number of hydrogen-bond donors (Lipinski definition) is 0. The van der Waals surface area contributed by atoms with E-state index in [-0.39, 0.29) is 1.43 Å². The lowest BCUT2D eigenvalue weighted by molar-refractivity contribution is 0.375. The summed E-state index contributed by atoms with van der Waals surface area (Å²) >= 11 is 0. The van der Waals surface area contributed by atoms with Gasteiger partial charge < -0.3 is 0 Å². The molecule has 0 aliphatic heterocycles.